The molecule has 0 spiro atoms. The van der Waals surface area contributed by atoms with Crippen LogP contribution >= 0.6 is 0 Å². The molecule has 2 heterocycles. The molecule has 0 aliphatic heterocycles. The summed E-state index contributed by atoms with van der Waals surface area (Å²) >= 11 is 0. The van der Waals surface area contributed by atoms with E-state index in [0.717, 1.165) is 5.56 Å². The van der Waals surface area contributed by atoms with Gasteiger partial charge in [0.15, 0.2) is 5.78 Å². The van der Waals surface area contributed by atoms with Crippen LogP contribution < -0.4 is 11.2 Å². The second-order valence-corrected chi connectivity index (χ2v) is 6.53. The maximum atomic E-state index is 12.6. The van der Waals surface area contributed by atoms with Crippen LogP contribution in [0.2, 0.25) is 0 Å². The fourth-order valence-corrected chi connectivity index (χ4v) is 3.45. The molecule has 130 valence electrons. The summed E-state index contributed by atoms with van der Waals surface area (Å²) in [5.41, 5.74) is 1.51. The first-order valence-electron chi connectivity index (χ1n) is 8.42. The zero-order valence-corrected chi connectivity index (χ0v) is 14.2. The van der Waals surface area contributed by atoms with Crippen LogP contribution in [0.15, 0.2) is 52.2 Å². The molecule has 1 aliphatic carbocycles. The quantitative estimate of drug-likeness (QED) is 0.769. The van der Waals surface area contributed by atoms with Crippen molar-refractivity contribution in [2.75, 3.05) is 0 Å². The Morgan fingerprint density at radius 3 is 2.69 bits per heavy atom. The maximum absolute atomic E-state index is 12.6. The lowest BCUT2D eigenvalue weighted by molar-refractivity contribution is 0.0959. The van der Waals surface area contributed by atoms with Gasteiger partial charge in [0, 0.05) is 25.2 Å². The number of H-pyrrole nitrogens is 1. The summed E-state index contributed by atoms with van der Waals surface area (Å²) in [5.74, 6) is -0.0333. The summed E-state index contributed by atoms with van der Waals surface area (Å²) < 4.78 is 1.30. The molecule has 0 amide bonds. The number of Topliss-reactive ketones (excluding diaryl/α,β-unsaturated/α-hetero) is 1. The third kappa shape index (κ3) is 2.69. The van der Waals surface area contributed by atoms with Crippen LogP contribution in [-0.4, -0.2) is 20.3 Å². The number of carbonyl (C=O) groups excluding carboxylic acids is 1. The highest BCUT2D eigenvalue weighted by Crippen LogP contribution is 2.29. The van der Waals surface area contributed by atoms with Crippen molar-refractivity contribution in [3.05, 3.63) is 80.1 Å². The van der Waals surface area contributed by atoms with Crippen molar-refractivity contribution in [3.8, 4) is 0 Å². The van der Waals surface area contributed by atoms with Crippen LogP contribution in [0.25, 0.3) is 17.1 Å². The van der Waals surface area contributed by atoms with Gasteiger partial charge in [-0.05, 0) is 23.5 Å². The number of benzene rings is 1. The molecule has 26 heavy (non-hydrogen) atoms. The van der Waals surface area contributed by atoms with E-state index in [-0.39, 0.29) is 11.7 Å². The van der Waals surface area contributed by atoms with E-state index in [1.165, 1.54) is 10.8 Å². The van der Waals surface area contributed by atoms with E-state index >= 15 is 0 Å². The number of pyridine rings is 1. The van der Waals surface area contributed by atoms with Crippen molar-refractivity contribution >= 4 is 22.9 Å². The molecule has 0 bridgehead atoms. The summed E-state index contributed by atoms with van der Waals surface area (Å²) in [6, 6.07) is 9.86. The number of nitrogens with one attached hydrogen (secondary N) is 1. The Morgan fingerprint density at radius 2 is 1.92 bits per heavy atom. The van der Waals surface area contributed by atoms with Crippen molar-refractivity contribution in [3.63, 3.8) is 0 Å². The molecule has 4 rings (SSSR count). The average Bonchev–Trinajstić information content (AvgIpc) is 2.64. The van der Waals surface area contributed by atoms with Crippen LogP contribution in [0.5, 0.6) is 0 Å². The predicted octanol–water partition coefficient (Wildman–Crippen LogP) is 2.08. The molecule has 0 saturated carbocycles. The van der Waals surface area contributed by atoms with Crippen molar-refractivity contribution < 1.29 is 4.79 Å². The average molecular weight is 347 g/mol. The molecule has 2 aromatic heterocycles. The van der Waals surface area contributed by atoms with Gasteiger partial charge in [0.1, 0.15) is 5.65 Å². The molecule has 0 fully saturated rings. The van der Waals surface area contributed by atoms with Crippen molar-refractivity contribution in [1.82, 2.24) is 14.5 Å². The Morgan fingerprint density at radius 1 is 1.15 bits per heavy atom. The SMILES string of the molecule is Cn1c(=O)[nH]c(=O)c2c3c(cnc21)C(=O)C[C@H](/C=C/c1ccccc1)C3. The van der Waals surface area contributed by atoms with Gasteiger partial charge < -0.3 is 0 Å². The first kappa shape index (κ1) is 16.2. The zero-order valence-electron chi connectivity index (χ0n) is 14.2. The normalized spacial score (nSPS) is 17.0. The van der Waals surface area contributed by atoms with Gasteiger partial charge >= 0.3 is 5.69 Å². The highest BCUT2D eigenvalue weighted by molar-refractivity contribution is 6.02. The maximum Gasteiger partial charge on any atom is 0.329 e. The van der Waals surface area contributed by atoms with E-state index in [9.17, 15) is 14.4 Å². The van der Waals surface area contributed by atoms with Crippen molar-refractivity contribution in [2.45, 2.75) is 12.8 Å². The second-order valence-electron chi connectivity index (χ2n) is 6.53. The van der Waals surface area contributed by atoms with Crippen molar-refractivity contribution in [2.24, 2.45) is 13.0 Å². The molecule has 0 radical (unpaired) electrons. The minimum atomic E-state index is -0.516. The van der Waals surface area contributed by atoms with Crippen LogP contribution in [0, 0.1) is 5.92 Å². The molecule has 1 aromatic carbocycles. The number of rotatable bonds is 2. The molecule has 3 aromatic rings. The number of aromatic nitrogens is 3. The second kappa shape index (κ2) is 6.22. The van der Waals surface area contributed by atoms with E-state index in [1.54, 1.807) is 7.05 Å². The molecule has 1 aliphatic rings. The molecule has 1 atom stereocenters. The minimum Gasteiger partial charge on any atom is -0.294 e. The van der Waals surface area contributed by atoms with E-state index in [0.29, 0.717) is 35.0 Å². The zero-order chi connectivity index (χ0) is 18.3. The molecule has 1 N–H and O–H groups in total. The van der Waals surface area contributed by atoms with Crippen LogP contribution in [0.1, 0.15) is 27.9 Å². The Balaban J connectivity index is 1.81. The van der Waals surface area contributed by atoms with Crippen LogP contribution in [0.3, 0.4) is 0 Å². The summed E-state index contributed by atoms with van der Waals surface area (Å²) in [7, 11) is 1.55. The molecule has 6 nitrogen and oxygen atoms in total. The number of ketones is 1. The largest absolute Gasteiger partial charge is 0.329 e. The van der Waals surface area contributed by atoms with Gasteiger partial charge in [-0.3, -0.25) is 19.1 Å². The topological polar surface area (TPSA) is 84.8 Å². The number of aryl methyl sites for hydroxylation is 1. The van der Waals surface area contributed by atoms with Gasteiger partial charge in [-0.15, -0.1) is 0 Å². The third-order valence-electron chi connectivity index (χ3n) is 4.81. The summed E-state index contributed by atoms with van der Waals surface area (Å²) in [4.78, 5) is 43.2. The lowest BCUT2D eigenvalue weighted by atomic mass is 9.82. The van der Waals surface area contributed by atoms with E-state index in [4.69, 9.17) is 0 Å². The number of carbonyl (C=O) groups is 1. The van der Waals surface area contributed by atoms with Crippen LogP contribution in [-0.2, 0) is 13.5 Å². The number of aromatic amines is 1. The van der Waals surface area contributed by atoms with Crippen molar-refractivity contribution in [1.29, 1.82) is 0 Å². The van der Waals surface area contributed by atoms with Gasteiger partial charge in [0.25, 0.3) is 5.56 Å². The van der Waals surface area contributed by atoms with Gasteiger partial charge in [0.05, 0.1) is 5.39 Å². The molecular formula is C20H17N3O3. The monoisotopic (exact) mass is 347 g/mol. The van der Waals surface area contributed by atoms with E-state index in [2.05, 4.69) is 9.97 Å². The van der Waals surface area contributed by atoms with E-state index in [1.807, 2.05) is 42.5 Å². The number of fused-ring (bicyclic) bond motifs is 3. The first-order chi connectivity index (χ1) is 12.5. The lowest BCUT2D eigenvalue weighted by Gasteiger charge is -2.22. The smallest absolute Gasteiger partial charge is 0.294 e. The van der Waals surface area contributed by atoms with E-state index < -0.39 is 11.2 Å². The Bertz CT molecular complexity index is 1160. The molecule has 0 unspecified atom stereocenters. The Labute approximate surface area is 148 Å². The predicted molar refractivity (Wildman–Crippen MR) is 99.2 cm³/mol. The lowest BCUT2D eigenvalue weighted by Crippen LogP contribution is -2.31. The summed E-state index contributed by atoms with van der Waals surface area (Å²) in [6.45, 7) is 0. The number of allylic oxidation sites excluding steroid dienone is 1. The fourth-order valence-electron chi connectivity index (χ4n) is 3.45. The van der Waals surface area contributed by atoms with Gasteiger partial charge in [-0.25, -0.2) is 9.78 Å². The minimum absolute atomic E-state index is 0.00237. The molecular weight excluding hydrogens is 330 g/mol. The highest BCUT2D eigenvalue weighted by Gasteiger charge is 2.27. The van der Waals surface area contributed by atoms with Gasteiger partial charge in [0.2, 0.25) is 0 Å². The molecule has 0 saturated heterocycles. The summed E-state index contributed by atoms with van der Waals surface area (Å²) in [6.07, 6.45) is 6.43. The highest BCUT2D eigenvalue weighted by atomic mass is 16.2. The fraction of sp³-hybridized carbons (Fsp3) is 0.200. The first-order valence-corrected chi connectivity index (χ1v) is 8.42. The Hall–Kier alpha value is -3.28. The summed E-state index contributed by atoms with van der Waals surface area (Å²) in [5, 5.41) is 0.329. The number of hydrogen-bond donors (Lipinski definition) is 1. The standard InChI is InChI=1S/C20H17N3O3/c1-23-18-17(19(25)22-20(23)26)14-9-13(10-16(24)15(14)11-21-18)8-7-12-5-3-2-4-6-12/h2-8,11,13H,9-10H2,1H3,(H,22,25,26)/b8-7+/t13-/m1/s1. The number of hydrogen-bond acceptors (Lipinski definition) is 4. The third-order valence-corrected chi connectivity index (χ3v) is 4.81. The number of nitrogens with zero attached hydrogens (tertiary/aromatic N) is 2. The van der Waals surface area contributed by atoms with Crippen LogP contribution in [0.4, 0.5) is 0 Å². The Kier molecular flexibility index (Phi) is 3.88. The molecule has 6 heteroatoms. The van der Waals surface area contributed by atoms with Gasteiger partial charge in [-0.1, -0.05) is 42.5 Å². The van der Waals surface area contributed by atoms with Gasteiger partial charge in [-0.2, -0.15) is 0 Å².